The molecule has 0 bridgehead atoms. The first-order valence-corrected chi connectivity index (χ1v) is 8.58. The third-order valence-electron chi connectivity index (χ3n) is 4.20. The standard InChI is InChI=1S/C21H29NO/c1-5-17-7-11-19(12-8-17)21(23-16-15-22(3)4)20-13-9-18(6-2)10-14-20/h7-14,21H,5-6,15-16H2,1-4H3. The van der Waals surface area contributed by atoms with Gasteiger partial charge in [0, 0.05) is 6.54 Å². The number of nitrogens with zero attached hydrogens (tertiary/aromatic N) is 1. The molecule has 0 radical (unpaired) electrons. The Kier molecular flexibility index (Phi) is 6.82. The molecule has 0 atom stereocenters. The van der Waals surface area contributed by atoms with E-state index in [2.05, 4.69) is 81.4 Å². The molecule has 0 aliphatic heterocycles. The first kappa shape index (κ1) is 17.7. The fourth-order valence-corrected chi connectivity index (χ4v) is 2.59. The number of benzene rings is 2. The molecule has 2 rings (SSSR count). The summed E-state index contributed by atoms with van der Waals surface area (Å²) in [6.07, 6.45) is 2.14. The number of aryl methyl sites for hydroxylation is 2. The van der Waals surface area contributed by atoms with Crippen molar-refractivity contribution in [1.29, 1.82) is 0 Å². The van der Waals surface area contributed by atoms with E-state index in [0.29, 0.717) is 0 Å². The molecule has 0 spiro atoms. The van der Waals surface area contributed by atoms with E-state index in [1.54, 1.807) is 0 Å². The van der Waals surface area contributed by atoms with Crippen LogP contribution in [0.2, 0.25) is 0 Å². The quantitative estimate of drug-likeness (QED) is 0.713. The van der Waals surface area contributed by atoms with Crippen LogP contribution in [0.4, 0.5) is 0 Å². The van der Waals surface area contributed by atoms with Gasteiger partial charge >= 0.3 is 0 Å². The van der Waals surface area contributed by atoms with Crippen molar-refractivity contribution in [1.82, 2.24) is 4.90 Å². The largest absolute Gasteiger partial charge is 0.367 e. The number of hydrogen-bond acceptors (Lipinski definition) is 2. The maximum Gasteiger partial charge on any atom is 0.108 e. The van der Waals surface area contributed by atoms with E-state index in [1.165, 1.54) is 22.3 Å². The molecule has 2 heteroatoms. The zero-order valence-corrected chi connectivity index (χ0v) is 14.9. The molecule has 0 saturated carbocycles. The summed E-state index contributed by atoms with van der Waals surface area (Å²) in [7, 11) is 4.15. The lowest BCUT2D eigenvalue weighted by molar-refractivity contribution is 0.0687. The van der Waals surface area contributed by atoms with Crippen LogP contribution in [0, 0.1) is 0 Å². The smallest absolute Gasteiger partial charge is 0.108 e. The van der Waals surface area contributed by atoms with E-state index in [1.807, 2.05) is 0 Å². The Morgan fingerprint density at radius 3 is 1.57 bits per heavy atom. The second-order valence-electron chi connectivity index (χ2n) is 6.24. The zero-order valence-electron chi connectivity index (χ0n) is 14.9. The van der Waals surface area contributed by atoms with Gasteiger partial charge in [-0.2, -0.15) is 0 Å². The molecule has 0 aromatic heterocycles. The molecule has 0 aliphatic carbocycles. The van der Waals surface area contributed by atoms with Gasteiger partial charge in [0.25, 0.3) is 0 Å². The molecule has 124 valence electrons. The molecule has 0 saturated heterocycles. The van der Waals surface area contributed by atoms with Crippen LogP contribution in [0.3, 0.4) is 0 Å². The van der Waals surface area contributed by atoms with Gasteiger partial charge in [0.2, 0.25) is 0 Å². The van der Waals surface area contributed by atoms with E-state index < -0.39 is 0 Å². The number of hydrogen-bond donors (Lipinski definition) is 0. The highest BCUT2D eigenvalue weighted by Crippen LogP contribution is 2.27. The van der Waals surface area contributed by atoms with E-state index in [0.717, 1.165) is 26.0 Å². The van der Waals surface area contributed by atoms with Crippen LogP contribution in [0.15, 0.2) is 48.5 Å². The molecule has 0 heterocycles. The Labute approximate surface area is 141 Å². The molecule has 2 aromatic rings. The van der Waals surface area contributed by atoms with E-state index >= 15 is 0 Å². The minimum absolute atomic E-state index is 0.00626. The maximum atomic E-state index is 6.23. The Bertz CT molecular complexity index is 524. The molecule has 2 nitrogen and oxygen atoms in total. The summed E-state index contributed by atoms with van der Waals surface area (Å²) in [4.78, 5) is 2.15. The Balaban J connectivity index is 2.21. The predicted molar refractivity (Wildman–Crippen MR) is 98.0 cm³/mol. The lowest BCUT2D eigenvalue weighted by atomic mass is 9.98. The van der Waals surface area contributed by atoms with Crippen molar-refractivity contribution in [3.63, 3.8) is 0 Å². The van der Waals surface area contributed by atoms with Crippen molar-refractivity contribution < 1.29 is 4.74 Å². The highest BCUT2D eigenvalue weighted by molar-refractivity contribution is 5.33. The summed E-state index contributed by atoms with van der Waals surface area (Å²) in [5, 5.41) is 0. The van der Waals surface area contributed by atoms with Crippen LogP contribution in [0.1, 0.15) is 42.2 Å². The fourth-order valence-electron chi connectivity index (χ4n) is 2.59. The summed E-state index contributed by atoms with van der Waals surface area (Å²) in [6, 6.07) is 17.6. The molecule has 23 heavy (non-hydrogen) atoms. The van der Waals surface area contributed by atoms with E-state index in [-0.39, 0.29) is 6.10 Å². The summed E-state index contributed by atoms with van der Waals surface area (Å²) in [5.74, 6) is 0. The van der Waals surface area contributed by atoms with E-state index in [9.17, 15) is 0 Å². The molecular weight excluding hydrogens is 282 g/mol. The second-order valence-corrected chi connectivity index (χ2v) is 6.24. The second kappa shape index (κ2) is 8.85. The van der Waals surface area contributed by atoms with Gasteiger partial charge in [0.1, 0.15) is 6.10 Å². The van der Waals surface area contributed by atoms with E-state index in [4.69, 9.17) is 4.74 Å². The number of likely N-dealkylation sites (N-methyl/N-ethyl adjacent to an activating group) is 1. The van der Waals surface area contributed by atoms with Crippen molar-refractivity contribution in [2.45, 2.75) is 32.8 Å². The molecule has 0 aliphatic rings. The number of rotatable bonds is 8. The summed E-state index contributed by atoms with van der Waals surface area (Å²) in [5.41, 5.74) is 5.18. The Morgan fingerprint density at radius 1 is 0.783 bits per heavy atom. The molecule has 0 amide bonds. The van der Waals surface area contributed by atoms with Crippen molar-refractivity contribution in [2.75, 3.05) is 27.2 Å². The van der Waals surface area contributed by atoms with Gasteiger partial charge in [0.15, 0.2) is 0 Å². The normalized spacial score (nSPS) is 11.4. The zero-order chi connectivity index (χ0) is 16.7. The van der Waals surface area contributed by atoms with Crippen molar-refractivity contribution in [3.8, 4) is 0 Å². The Hall–Kier alpha value is -1.64. The summed E-state index contributed by atoms with van der Waals surface area (Å²) < 4.78 is 6.23. The van der Waals surface area contributed by atoms with Crippen LogP contribution in [0.5, 0.6) is 0 Å². The highest BCUT2D eigenvalue weighted by atomic mass is 16.5. The van der Waals surface area contributed by atoms with Gasteiger partial charge in [-0.25, -0.2) is 0 Å². The Morgan fingerprint density at radius 2 is 1.22 bits per heavy atom. The van der Waals surface area contributed by atoms with Gasteiger partial charge in [0.05, 0.1) is 6.61 Å². The third-order valence-corrected chi connectivity index (χ3v) is 4.20. The maximum absolute atomic E-state index is 6.23. The first-order valence-electron chi connectivity index (χ1n) is 8.58. The lowest BCUT2D eigenvalue weighted by Gasteiger charge is -2.21. The average Bonchev–Trinajstić information content (AvgIpc) is 2.59. The summed E-state index contributed by atoms with van der Waals surface area (Å²) >= 11 is 0. The van der Waals surface area contributed by atoms with Crippen LogP contribution < -0.4 is 0 Å². The van der Waals surface area contributed by atoms with Gasteiger partial charge in [-0.1, -0.05) is 62.4 Å². The number of ether oxygens (including phenoxy) is 1. The molecular formula is C21H29NO. The first-order chi connectivity index (χ1) is 11.1. The van der Waals surface area contributed by atoms with Crippen LogP contribution in [-0.4, -0.2) is 32.1 Å². The van der Waals surface area contributed by atoms with Crippen LogP contribution >= 0.6 is 0 Å². The monoisotopic (exact) mass is 311 g/mol. The van der Waals surface area contributed by atoms with Gasteiger partial charge in [-0.15, -0.1) is 0 Å². The predicted octanol–water partition coefficient (Wildman–Crippen LogP) is 4.48. The molecule has 2 aromatic carbocycles. The minimum atomic E-state index is 0.00626. The fraction of sp³-hybridized carbons (Fsp3) is 0.429. The topological polar surface area (TPSA) is 12.5 Å². The van der Waals surface area contributed by atoms with Gasteiger partial charge < -0.3 is 9.64 Å². The highest BCUT2D eigenvalue weighted by Gasteiger charge is 2.15. The van der Waals surface area contributed by atoms with Crippen molar-refractivity contribution in [2.24, 2.45) is 0 Å². The summed E-state index contributed by atoms with van der Waals surface area (Å²) in [6.45, 7) is 6.02. The minimum Gasteiger partial charge on any atom is -0.367 e. The van der Waals surface area contributed by atoms with Gasteiger partial charge in [-0.05, 0) is 49.2 Å². The van der Waals surface area contributed by atoms with Crippen LogP contribution in [-0.2, 0) is 17.6 Å². The molecule has 0 fully saturated rings. The SMILES string of the molecule is CCc1ccc(C(OCCN(C)C)c2ccc(CC)cc2)cc1. The average molecular weight is 311 g/mol. The molecule has 0 unspecified atom stereocenters. The third kappa shape index (κ3) is 5.19. The van der Waals surface area contributed by atoms with Crippen molar-refractivity contribution in [3.05, 3.63) is 70.8 Å². The lowest BCUT2D eigenvalue weighted by Crippen LogP contribution is -2.20. The van der Waals surface area contributed by atoms with Crippen LogP contribution in [0.25, 0.3) is 0 Å². The molecule has 0 N–H and O–H groups in total. The van der Waals surface area contributed by atoms with Gasteiger partial charge in [-0.3, -0.25) is 0 Å². The van der Waals surface area contributed by atoms with Crippen molar-refractivity contribution >= 4 is 0 Å².